The van der Waals surface area contributed by atoms with Gasteiger partial charge in [0.25, 0.3) is 5.91 Å². The molecule has 2 aliphatic rings. The molecule has 2 amide bonds. The first-order valence-corrected chi connectivity index (χ1v) is 10.6. The average molecular weight is 445 g/mol. The lowest BCUT2D eigenvalue weighted by Crippen LogP contribution is -2.37. The standard InChI is InChI=1S/C21H14Cl2N2O3S/c22-13-8-4-9-14(23)17(13)24-20(26)16-18(15-10-5-11-29-15)25(28-19(16)21(24)27)12-6-2-1-3-7-12/h1-11,16,18-19H/t16-,18+,19+/m1/s1. The number of fused-ring (bicyclic) bond motifs is 1. The number of halogens is 2. The van der Waals surface area contributed by atoms with E-state index in [-0.39, 0.29) is 21.6 Å². The molecule has 1 aromatic heterocycles. The van der Waals surface area contributed by atoms with E-state index >= 15 is 0 Å². The van der Waals surface area contributed by atoms with Crippen LogP contribution >= 0.6 is 34.5 Å². The van der Waals surface area contributed by atoms with Crippen LogP contribution in [0.1, 0.15) is 10.9 Å². The quantitative estimate of drug-likeness (QED) is 0.526. The van der Waals surface area contributed by atoms with Crippen molar-refractivity contribution in [3.8, 4) is 0 Å². The number of hydrogen-bond donors (Lipinski definition) is 0. The maximum atomic E-state index is 13.5. The van der Waals surface area contributed by atoms with Gasteiger partial charge >= 0.3 is 0 Å². The summed E-state index contributed by atoms with van der Waals surface area (Å²) in [5.41, 5.74) is 0.989. The van der Waals surface area contributed by atoms with Gasteiger partial charge in [-0.15, -0.1) is 11.3 Å². The van der Waals surface area contributed by atoms with Gasteiger partial charge in [0.1, 0.15) is 12.0 Å². The molecular formula is C21H14Cl2N2O3S. The Labute approximate surface area is 181 Å². The van der Waals surface area contributed by atoms with Gasteiger partial charge in [-0.05, 0) is 35.7 Å². The summed E-state index contributed by atoms with van der Waals surface area (Å²) in [4.78, 5) is 34.8. The van der Waals surface area contributed by atoms with Crippen molar-refractivity contribution in [1.29, 1.82) is 0 Å². The van der Waals surface area contributed by atoms with Gasteiger partial charge in [0.05, 0.1) is 21.4 Å². The van der Waals surface area contributed by atoms with Crippen LogP contribution in [-0.2, 0) is 14.4 Å². The molecule has 5 rings (SSSR count). The summed E-state index contributed by atoms with van der Waals surface area (Å²) in [5.74, 6) is -1.53. The molecule has 3 aromatic rings. The molecule has 146 valence electrons. The molecule has 3 heterocycles. The van der Waals surface area contributed by atoms with E-state index in [2.05, 4.69) is 0 Å². The highest BCUT2D eigenvalue weighted by Gasteiger charge is 2.61. The van der Waals surface area contributed by atoms with Crippen LogP contribution in [0.5, 0.6) is 0 Å². The number of imide groups is 1. The van der Waals surface area contributed by atoms with Gasteiger partial charge in [-0.3, -0.25) is 14.4 Å². The lowest BCUT2D eigenvalue weighted by molar-refractivity contribution is -0.126. The van der Waals surface area contributed by atoms with Crippen molar-refractivity contribution >= 4 is 57.7 Å². The van der Waals surface area contributed by atoms with Crippen LogP contribution in [0.2, 0.25) is 10.0 Å². The summed E-state index contributed by atoms with van der Waals surface area (Å²) in [6.07, 6.45) is -0.942. The fourth-order valence-corrected chi connectivity index (χ4v) is 5.30. The number of carbonyl (C=O) groups is 2. The Morgan fingerprint density at radius 1 is 0.862 bits per heavy atom. The number of amides is 2. The molecule has 2 aliphatic heterocycles. The van der Waals surface area contributed by atoms with Gasteiger partial charge in [0.15, 0.2) is 6.10 Å². The first-order valence-electron chi connectivity index (χ1n) is 8.94. The highest BCUT2D eigenvalue weighted by Crippen LogP contribution is 2.50. The maximum Gasteiger partial charge on any atom is 0.266 e. The third kappa shape index (κ3) is 2.87. The molecule has 0 spiro atoms. The zero-order valence-electron chi connectivity index (χ0n) is 14.9. The highest BCUT2D eigenvalue weighted by atomic mass is 35.5. The van der Waals surface area contributed by atoms with Crippen molar-refractivity contribution in [2.75, 3.05) is 9.96 Å². The zero-order chi connectivity index (χ0) is 20.1. The number of hydroxylamine groups is 1. The second-order valence-electron chi connectivity index (χ2n) is 6.76. The largest absolute Gasteiger partial charge is 0.273 e. The number of thiophene rings is 1. The fraction of sp³-hybridized carbons (Fsp3) is 0.143. The molecule has 29 heavy (non-hydrogen) atoms. The van der Waals surface area contributed by atoms with E-state index in [0.717, 1.165) is 15.5 Å². The summed E-state index contributed by atoms with van der Waals surface area (Å²) >= 11 is 14.1. The van der Waals surface area contributed by atoms with Crippen LogP contribution in [0.15, 0.2) is 66.0 Å². The summed E-state index contributed by atoms with van der Waals surface area (Å²) in [5, 5.41) is 4.09. The Morgan fingerprint density at radius 3 is 2.24 bits per heavy atom. The van der Waals surface area contributed by atoms with Gasteiger partial charge < -0.3 is 0 Å². The zero-order valence-corrected chi connectivity index (χ0v) is 17.2. The monoisotopic (exact) mass is 444 g/mol. The van der Waals surface area contributed by atoms with Gasteiger partial charge in [0, 0.05) is 4.88 Å². The number of hydrogen-bond acceptors (Lipinski definition) is 5. The Balaban J connectivity index is 1.60. The first kappa shape index (κ1) is 18.6. The normalized spacial score (nSPS) is 23.7. The number of benzene rings is 2. The number of carbonyl (C=O) groups excluding carboxylic acids is 2. The van der Waals surface area contributed by atoms with Crippen molar-refractivity contribution in [2.24, 2.45) is 5.92 Å². The lowest BCUT2D eigenvalue weighted by Gasteiger charge is -2.28. The minimum absolute atomic E-state index is 0.208. The molecule has 0 saturated carbocycles. The number of rotatable bonds is 3. The van der Waals surface area contributed by atoms with Crippen LogP contribution in [0.4, 0.5) is 11.4 Å². The molecule has 8 heteroatoms. The van der Waals surface area contributed by atoms with Gasteiger partial charge in [-0.2, -0.15) is 0 Å². The average Bonchev–Trinajstić information content (AvgIpc) is 3.42. The summed E-state index contributed by atoms with van der Waals surface area (Å²) in [6, 6.07) is 17.8. The van der Waals surface area contributed by atoms with Crippen molar-refractivity contribution in [2.45, 2.75) is 12.1 Å². The lowest BCUT2D eigenvalue weighted by atomic mass is 9.95. The Morgan fingerprint density at radius 2 is 1.59 bits per heavy atom. The molecule has 5 nitrogen and oxygen atoms in total. The smallest absolute Gasteiger partial charge is 0.266 e. The van der Waals surface area contributed by atoms with E-state index in [9.17, 15) is 9.59 Å². The molecule has 0 aliphatic carbocycles. The topological polar surface area (TPSA) is 49.9 Å². The fourth-order valence-electron chi connectivity index (χ4n) is 3.88. The minimum atomic E-state index is -0.942. The molecule has 3 atom stereocenters. The van der Waals surface area contributed by atoms with Gasteiger partial charge in [-0.1, -0.05) is 53.5 Å². The molecule has 2 aromatic carbocycles. The number of nitrogens with zero attached hydrogens (tertiary/aromatic N) is 2. The minimum Gasteiger partial charge on any atom is -0.273 e. The van der Waals surface area contributed by atoms with Crippen LogP contribution < -0.4 is 9.96 Å². The van der Waals surface area contributed by atoms with Gasteiger partial charge in [0.2, 0.25) is 5.91 Å². The molecule has 0 unspecified atom stereocenters. The Kier molecular flexibility index (Phi) is 4.59. The molecular weight excluding hydrogens is 431 g/mol. The van der Waals surface area contributed by atoms with E-state index in [1.807, 2.05) is 47.8 Å². The molecule has 2 fully saturated rings. The van der Waals surface area contributed by atoms with E-state index < -0.39 is 24.0 Å². The molecule has 0 radical (unpaired) electrons. The van der Waals surface area contributed by atoms with Crippen molar-refractivity contribution in [3.05, 3.63) is 81.0 Å². The summed E-state index contributed by atoms with van der Waals surface area (Å²) in [7, 11) is 0. The van der Waals surface area contributed by atoms with Crippen LogP contribution in [0, 0.1) is 5.92 Å². The van der Waals surface area contributed by atoms with Gasteiger partial charge in [-0.25, -0.2) is 9.96 Å². The third-order valence-electron chi connectivity index (χ3n) is 5.12. The maximum absolute atomic E-state index is 13.5. The molecule has 2 saturated heterocycles. The Hall–Kier alpha value is -2.38. The second-order valence-corrected chi connectivity index (χ2v) is 8.55. The number of para-hydroxylation sites is 2. The molecule has 0 bridgehead atoms. The predicted octanol–water partition coefficient (Wildman–Crippen LogP) is 5.11. The molecule has 0 N–H and O–H groups in total. The van der Waals surface area contributed by atoms with E-state index in [1.165, 1.54) is 11.3 Å². The van der Waals surface area contributed by atoms with Crippen molar-refractivity contribution in [3.63, 3.8) is 0 Å². The van der Waals surface area contributed by atoms with E-state index in [1.54, 1.807) is 23.3 Å². The third-order valence-corrected chi connectivity index (χ3v) is 6.67. The van der Waals surface area contributed by atoms with E-state index in [4.69, 9.17) is 28.0 Å². The van der Waals surface area contributed by atoms with Crippen LogP contribution in [0.3, 0.4) is 0 Å². The van der Waals surface area contributed by atoms with Crippen LogP contribution in [-0.4, -0.2) is 17.9 Å². The van der Waals surface area contributed by atoms with E-state index in [0.29, 0.717) is 0 Å². The summed E-state index contributed by atoms with van der Waals surface area (Å²) < 4.78 is 0. The highest BCUT2D eigenvalue weighted by molar-refractivity contribution is 7.10. The predicted molar refractivity (Wildman–Crippen MR) is 113 cm³/mol. The second kappa shape index (κ2) is 7.15. The Bertz CT molecular complexity index is 1070. The number of anilines is 2. The van der Waals surface area contributed by atoms with Crippen molar-refractivity contribution in [1.82, 2.24) is 0 Å². The first-order chi connectivity index (χ1) is 14.1. The summed E-state index contributed by atoms with van der Waals surface area (Å²) in [6.45, 7) is 0. The SMILES string of the molecule is O=C1[C@H]2[C@H](ON(c3ccccc3)[C@H]2c2cccs2)C(=O)N1c1c(Cl)cccc1Cl. The van der Waals surface area contributed by atoms with Crippen molar-refractivity contribution < 1.29 is 14.4 Å². The van der Waals surface area contributed by atoms with Crippen LogP contribution in [0.25, 0.3) is 0 Å².